The van der Waals surface area contributed by atoms with Crippen molar-refractivity contribution in [3.63, 3.8) is 0 Å². The summed E-state index contributed by atoms with van der Waals surface area (Å²) in [5.41, 5.74) is 0. The summed E-state index contributed by atoms with van der Waals surface area (Å²) >= 11 is 0. The number of carbonyl (C=O) groups excluding carboxylic acids is 2. The first-order valence-corrected chi connectivity index (χ1v) is 5.45. The summed E-state index contributed by atoms with van der Waals surface area (Å²) in [4.78, 5) is 22.6. The van der Waals surface area contributed by atoms with E-state index in [0.29, 0.717) is 0 Å². The van der Waals surface area contributed by atoms with Gasteiger partial charge in [0.15, 0.2) is 11.9 Å². The maximum Gasteiger partial charge on any atom is 0.378 e. The lowest BCUT2D eigenvalue weighted by molar-refractivity contribution is -0.151. The average molecular weight is 270 g/mol. The number of rotatable bonds is 5. The van der Waals surface area contributed by atoms with E-state index in [2.05, 4.69) is 9.47 Å². The molecule has 1 heterocycles. The largest absolute Gasteiger partial charge is 0.505 e. The Morgan fingerprint density at radius 3 is 2.79 bits per heavy atom. The Bertz CT molecular complexity index is 447. The van der Waals surface area contributed by atoms with Gasteiger partial charge >= 0.3 is 11.9 Å². The lowest BCUT2D eigenvalue weighted by atomic mass is 10.2. The quantitative estimate of drug-likeness (QED) is 0.357. The van der Waals surface area contributed by atoms with Crippen molar-refractivity contribution in [3.05, 3.63) is 35.8 Å². The minimum Gasteiger partial charge on any atom is -0.505 e. The molecule has 3 N–H and O–H groups in total. The molecule has 0 aromatic heterocycles. The number of carbonyl (C=O) groups is 2. The van der Waals surface area contributed by atoms with Crippen LogP contribution in [0.4, 0.5) is 0 Å². The van der Waals surface area contributed by atoms with Crippen LogP contribution in [0.15, 0.2) is 35.8 Å². The molecule has 0 bridgehead atoms. The molecule has 0 aromatic rings. The van der Waals surface area contributed by atoms with Crippen LogP contribution in [0.1, 0.15) is 6.92 Å². The van der Waals surface area contributed by atoms with E-state index >= 15 is 0 Å². The van der Waals surface area contributed by atoms with Crippen LogP contribution >= 0.6 is 0 Å². The topological polar surface area (TPSA) is 113 Å². The highest BCUT2D eigenvalue weighted by Gasteiger charge is 2.41. The fourth-order valence-corrected chi connectivity index (χ4v) is 1.29. The molecular formula is C12H14O7. The highest BCUT2D eigenvalue weighted by molar-refractivity contribution is 5.94. The molecule has 0 saturated heterocycles. The molecule has 0 spiro atoms. The Morgan fingerprint density at radius 1 is 1.53 bits per heavy atom. The average Bonchev–Trinajstić information content (AvgIpc) is 2.66. The van der Waals surface area contributed by atoms with Gasteiger partial charge in [-0.25, -0.2) is 9.59 Å². The molecule has 7 heteroatoms. The summed E-state index contributed by atoms with van der Waals surface area (Å²) in [5, 5.41) is 27.6. The predicted octanol–water partition coefficient (Wildman–Crippen LogP) is -0.290. The first-order valence-electron chi connectivity index (χ1n) is 5.45. The van der Waals surface area contributed by atoms with Gasteiger partial charge in [0.05, 0.1) is 6.61 Å². The van der Waals surface area contributed by atoms with Crippen LogP contribution in [0.25, 0.3) is 0 Å². The van der Waals surface area contributed by atoms with Crippen LogP contribution in [0.2, 0.25) is 0 Å². The van der Waals surface area contributed by atoms with Gasteiger partial charge in [-0.2, -0.15) is 0 Å². The van der Waals surface area contributed by atoms with E-state index in [0.717, 1.165) is 6.08 Å². The zero-order chi connectivity index (χ0) is 14.4. The zero-order valence-corrected chi connectivity index (χ0v) is 10.1. The molecule has 7 nitrogen and oxygen atoms in total. The van der Waals surface area contributed by atoms with Crippen molar-refractivity contribution in [2.45, 2.75) is 19.1 Å². The van der Waals surface area contributed by atoms with E-state index < -0.39 is 42.3 Å². The SMILES string of the molecule is C/C=C/C=C/C(=O)OC1=C(O)[C@@H]([C@@H](O)CO)OC1=O. The van der Waals surface area contributed by atoms with E-state index in [1.807, 2.05) is 0 Å². The Kier molecular flexibility index (Phi) is 5.28. The van der Waals surface area contributed by atoms with E-state index in [1.54, 1.807) is 19.1 Å². The number of aliphatic hydroxyl groups is 3. The molecule has 0 radical (unpaired) electrons. The summed E-state index contributed by atoms with van der Waals surface area (Å²) < 4.78 is 9.19. The van der Waals surface area contributed by atoms with Crippen molar-refractivity contribution in [2.75, 3.05) is 6.61 Å². The molecule has 19 heavy (non-hydrogen) atoms. The van der Waals surface area contributed by atoms with Crippen LogP contribution in [-0.2, 0) is 19.1 Å². The summed E-state index contributed by atoms with van der Waals surface area (Å²) in [5.74, 6) is -3.37. The molecule has 0 fully saturated rings. The predicted molar refractivity (Wildman–Crippen MR) is 62.7 cm³/mol. The second-order valence-corrected chi connectivity index (χ2v) is 3.60. The van der Waals surface area contributed by atoms with Crippen molar-refractivity contribution in [3.8, 4) is 0 Å². The molecule has 0 aliphatic carbocycles. The van der Waals surface area contributed by atoms with Gasteiger partial charge in [-0.3, -0.25) is 0 Å². The van der Waals surface area contributed by atoms with E-state index in [1.165, 1.54) is 6.08 Å². The third-order valence-corrected chi connectivity index (χ3v) is 2.20. The van der Waals surface area contributed by atoms with E-state index in [-0.39, 0.29) is 0 Å². The molecule has 2 atom stereocenters. The molecular weight excluding hydrogens is 256 g/mol. The van der Waals surface area contributed by atoms with Crippen LogP contribution in [0.5, 0.6) is 0 Å². The molecule has 1 aliphatic heterocycles. The molecule has 0 aromatic carbocycles. The fourth-order valence-electron chi connectivity index (χ4n) is 1.29. The molecule has 1 aliphatic rings. The second kappa shape index (κ2) is 6.72. The Labute approximate surface area is 109 Å². The van der Waals surface area contributed by atoms with Crippen molar-refractivity contribution in [1.82, 2.24) is 0 Å². The van der Waals surface area contributed by atoms with Crippen molar-refractivity contribution in [1.29, 1.82) is 0 Å². The Balaban J connectivity index is 2.78. The Hall–Kier alpha value is -2.12. The third kappa shape index (κ3) is 3.67. The van der Waals surface area contributed by atoms with Gasteiger partial charge in [0.25, 0.3) is 5.76 Å². The molecule has 0 amide bonds. The van der Waals surface area contributed by atoms with E-state index in [4.69, 9.17) is 5.11 Å². The van der Waals surface area contributed by atoms with Gasteiger partial charge in [0.1, 0.15) is 6.10 Å². The fraction of sp³-hybridized carbons (Fsp3) is 0.333. The van der Waals surface area contributed by atoms with Crippen LogP contribution < -0.4 is 0 Å². The zero-order valence-electron chi connectivity index (χ0n) is 10.1. The number of esters is 2. The minimum absolute atomic E-state index is 0.687. The maximum absolute atomic E-state index is 11.3. The minimum atomic E-state index is -1.49. The van der Waals surface area contributed by atoms with Gasteiger partial charge in [0, 0.05) is 6.08 Å². The van der Waals surface area contributed by atoms with Crippen molar-refractivity contribution in [2.24, 2.45) is 0 Å². The summed E-state index contributed by atoms with van der Waals surface area (Å²) in [6.07, 6.45) is 2.76. The van der Waals surface area contributed by atoms with Gasteiger partial charge < -0.3 is 24.8 Å². The first-order chi connectivity index (χ1) is 9.01. The standard InChI is InChI=1S/C12H14O7/c1-2-3-4-5-8(15)18-11-9(16)10(7(14)6-13)19-12(11)17/h2-5,7,10,13-14,16H,6H2,1H3/b3-2+,5-4+/t7-,10+/m0/s1. The maximum atomic E-state index is 11.3. The van der Waals surface area contributed by atoms with Gasteiger partial charge in [-0.05, 0) is 6.92 Å². The lowest BCUT2D eigenvalue weighted by Crippen LogP contribution is -2.31. The number of aliphatic hydroxyl groups excluding tert-OH is 3. The number of hydrogen-bond acceptors (Lipinski definition) is 7. The number of cyclic esters (lactones) is 1. The summed E-state index contributed by atoms with van der Waals surface area (Å²) in [6, 6.07) is 0. The van der Waals surface area contributed by atoms with Crippen LogP contribution in [0, 0.1) is 0 Å². The lowest BCUT2D eigenvalue weighted by Gasteiger charge is -2.13. The van der Waals surface area contributed by atoms with Gasteiger partial charge in [-0.1, -0.05) is 18.2 Å². The smallest absolute Gasteiger partial charge is 0.378 e. The van der Waals surface area contributed by atoms with Crippen LogP contribution in [0.3, 0.4) is 0 Å². The van der Waals surface area contributed by atoms with Crippen molar-refractivity contribution >= 4 is 11.9 Å². The van der Waals surface area contributed by atoms with Gasteiger partial charge in [-0.15, -0.1) is 0 Å². The molecule has 0 saturated carbocycles. The molecule has 0 unspecified atom stereocenters. The van der Waals surface area contributed by atoms with Gasteiger partial charge in [0.2, 0.25) is 0 Å². The highest BCUT2D eigenvalue weighted by atomic mass is 16.6. The van der Waals surface area contributed by atoms with Crippen LogP contribution in [-0.4, -0.2) is 46.1 Å². The van der Waals surface area contributed by atoms with Crippen molar-refractivity contribution < 1.29 is 34.4 Å². The number of allylic oxidation sites excluding steroid dienone is 3. The summed E-state index contributed by atoms with van der Waals surface area (Å²) in [7, 11) is 0. The third-order valence-electron chi connectivity index (χ3n) is 2.20. The monoisotopic (exact) mass is 270 g/mol. The second-order valence-electron chi connectivity index (χ2n) is 3.60. The normalized spacial score (nSPS) is 21.2. The highest BCUT2D eigenvalue weighted by Crippen LogP contribution is 2.24. The summed E-state index contributed by atoms with van der Waals surface area (Å²) in [6.45, 7) is 1.03. The number of hydrogen-bond donors (Lipinski definition) is 3. The number of ether oxygens (including phenoxy) is 2. The molecule has 104 valence electrons. The Morgan fingerprint density at radius 2 is 2.21 bits per heavy atom. The van der Waals surface area contributed by atoms with E-state index in [9.17, 15) is 19.8 Å². The first kappa shape index (κ1) is 14.9. The molecule has 1 rings (SSSR count).